The highest BCUT2D eigenvalue weighted by atomic mass is 15.2. The van der Waals surface area contributed by atoms with Crippen molar-refractivity contribution in [1.82, 2.24) is 10.2 Å². The molecule has 0 aromatic heterocycles. The molecule has 0 radical (unpaired) electrons. The van der Waals surface area contributed by atoms with Crippen LogP contribution in [0.5, 0.6) is 0 Å². The van der Waals surface area contributed by atoms with Crippen LogP contribution in [0, 0.1) is 11.3 Å². The van der Waals surface area contributed by atoms with Crippen LogP contribution in [-0.4, -0.2) is 43.2 Å². The second-order valence-corrected chi connectivity index (χ2v) is 7.86. The molecule has 0 bridgehead atoms. The summed E-state index contributed by atoms with van der Waals surface area (Å²) in [5, 5.41) is 3.88. The molecule has 3 unspecified atom stereocenters. The Balaban J connectivity index is 1.78. The van der Waals surface area contributed by atoms with Crippen molar-refractivity contribution in [2.75, 3.05) is 26.2 Å². The van der Waals surface area contributed by atoms with Crippen LogP contribution in [0.15, 0.2) is 0 Å². The number of hydrogen-bond acceptors (Lipinski definition) is 3. The van der Waals surface area contributed by atoms with Gasteiger partial charge in [-0.05, 0) is 62.9 Å². The van der Waals surface area contributed by atoms with Crippen molar-refractivity contribution in [3.8, 4) is 0 Å². The maximum atomic E-state index is 6.56. The molecule has 2 aliphatic rings. The number of piperidine rings is 2. The number of hydrogen-bond donors (Lipinski definition) is 2. The van der Waals surface area contributed by atoms with Gasteiger partial charge < -0.3 is 16.0 Å². The molecule has 0 amide bonds. The lowest BCUT2D eigenvalue weighted by molar-refractivity contribution is 0.0878. The lowest BCUT2D eigenvalue weighted by atomic mass is 9.71. The van der Waals surface area contributed by atoms with E-state index in [0.29, 0.717) is 23.4 Å². The van der Waals surface area contributed by atoms with Crippen LogP contribution in [0.4, 0.5) is 0 Å². The monoisotopic (exact) mass is 309 g/mol. The molecule has 3 atom stereocenters. The normalized spacial score (nSPS) is 33.0. The number of rotatable bonds is 7. The lowest BCUT2D eigenvalue weighted by Gasteiger charge is -2.46. The average Bonchev–Trinajstić information content (AvgIpc) is 2.56. The molecule has 2 aliphatic heterocycles. The molecular formula is C19H39N3. The molecule has 3 nitrogen and oxygen atoms in total. The van der Waals surface area contributed by atoms with Gasteiger partial charge in [0.15, 0.2) is 0 Å². The van der Waals surface area contributed by atoms with E-state index in [9.17, 15) is 0 Å². The minimum atomic E-state index is 0.364. The number of unbranched alkanes of at least 4 members (excludes halogenated alkanes) is 2. The van der Waals surface area contributed by atoms with Gasteiger partial charge in [-0.2, -0.15) is 0 Å². The molecule has 0 spiro atoms. The van der Waals surface area contributed by atoms with Gasteiger partial charge in [0.2, 0.25) is 0 Å². The highest BCUT2D eigenvalue weighted by Gasteiger charge is 2.38. The average molecular weight is 310 g/mol. The van der Waals surface area contributed by atoms with E-state index < -0.39 is 0 Å². The molecule has 2 saturated heterocycles. The molecule has 2 rings (SSSR count). The first-order chi connectivity index (χ1) is 10.6. The van der Waals surface area contributed by atoms with Crippen LogP contribution in [0.3, 0.4) is 0 Å². The van der Waals surface area contributed by atoms with Crippen molar-refractivity contribution in [3.05, 3.63) is 0 Å². The SMILES string of the molecule is CCCCCN1CCC(C2CCC(CC)(CC)CN2)C(N)C1. The smallest absolute Gasteiger partial charge is 0.0211 e. The standard InChI is InChI=1S/C19H39N3/c1-4-7-8-12-22-13-10-16(17(20)14-22)18-9-11-19(5-2,6-3)15-21-18/h16-18,21H,4-15,20H2,1-3H3. The number of likely N-dealkylation sites (tertiary alicyclic amines) is 1. The van der Waals surface area contributed by atoms with E-state index >= 15 is 0 Å². The Morgan fingerprint density at radius 1 is 1.14 bits per heavy atom. The molecule has 0 aromatic carbocycles. The maximum absolute atomic E-state index is 6.56. The van der Waals surface area contributed by atoms with Crippen LogP contribution < -0.4 is 11.1 Å². The fourth-order valence-electron chi connectivity index (χ4n) is 4.58. The maximum Gasteiger partial charge on any atom is 0.0211 e. The van der Waals surface area contributed by atoms with E-state index in [1.807, 2.05) is 0 Å². The Labute approximate surface area is 138 Å². The van der Waals surface area contributed by atoms with Crippen LogP contribution in [0.1, 0.15) is 72.1 Å². The zero-order valence-electron chi connectivity index (χ0n) is 15.2. The second kappa shape index (κ2) is 8.65. The summed E-state index contributed by atoms with van der Waals surface area (Å²) in [5.74, 6) is 0.689. The van der Waals surface area contributed by atoms with Gasteiger partial charge in [0.25, 0.3) is 0 Å². The van der Waals surface area contributed by atoms with E-state index in [4.69, 9.17) is 5.73 Å². The third-order valence-electron chi connectivity index (χ3n) is 6.62. The summed E-state index contributed by atoms with van der Waals surface area (Å²) < 4.78 is 0. The molecule has 3 N–H and O–H groups in total. The van der Waals surface area contributed by atoms with E-state index in [2.05, 4.69) is 31.0 Å². The first kappa shape index (κ1) is 18.2. The molecule has 0 aliphatic carbocycles. The first-order valence-electron chi connectivity index (χ1n) is 9.85. The van der Waals surface area contributed by atoms with Crippen molar-refractivity contribution < 1.29 is 0 Å². The number of nitrogens with zero attached hydrogens (tertiary/aromatic N) is 1. The summed E-state index contributed by atoms with van der Waals surface area (Å²) in [7, 11) is 0. The summed E-state index contributed by atoms with van der Waals surface area (Å²) in [5.41, 5.74) is 7.11. The molecule has 0 saturated carbocycles. The zero-order chi connectivity index (χ0) is 16.0. The van der Waals surface area contributed by atoms with Gasteiger partial charge >= 0.3 is 0 Å². The molecule has 22 heavy (non-hydrogen) atoms. The van der Waals surface area contributed by atoms with Gasteiger partial charge in [0.05, 0.1) is 0 Å². The molecular weight excluding hydrogens is 270 g/mol. The fourth-order valence-corrected chi connectivity index (χ4v) is 4.58. The zero-order valence-corrected chi connectivity index (χ0v) is 15.2. The van der Waals surface area contributed by atoms with Crippen molar-refractivity contribution in [1.29, 1.82) is 0 Å². The van der Waals surface area contributed by atoms with E-state index in [1.165, 1.54) is 71.0 Å². The van der Waals surface area contributed by atoms with Gasteiger partial charge in [0.1, 0.15) is 0 Å². The van der Waals surface area contributed by atoms with Crippen molar-refractivity contribution in [2.24, 2.45) is 17.1 Å². The minimum absolute atomic E-state index is 0.364. The fraction of sp³-hybridized carbons (Fsp3) is 1.00. The summed E-state index contributed by atoms with van der Waals surface area (Å²) in [6, 6.07) is 1.03. The van der Waals surface area contributed by atoms with Crippen LogP contribution in [-0.2, 0) is 0 Å². The third kappa shape index (κ3) is 4.46. The molecule has 130 valence electrons. The summed E-state index contributed by atoms with van der Waals surface area (Å²) >= 11 is 0. The van der Waals surface area contributed by atoms with Gasteiger partial charge in [-0.25, -0.2) is 0 Å². The Bertz CT molecular complexity index is 304. The van der Waals surface area contributed by atoms with Gasteiger partial charge in [-0.1, -0.05) is 33.6 Å². The minimum Gasteiger partial charge on any atom is -0.326 e. The van der Waals surface area contributed by atoms with E-state index in [-0.39, 0.29) is 0 Å². The van der Waals surface area contributed by atoms with Gasteiger partial charge in [0, 0.05) is 25.2 Å². The summed E-state index contributed by atoms with van der Waals surface area (Å²) in [4.78, 5) is 2.60. The van der Waals surface area contributed by atoms with Crippen molar-refractivity contribution in [2.45, 2.75) is 84.2 Å². The van der Waals surface area contributed by atoms with Gasteiger partial charge in [-0.15, -0.1) is 0 Å². The largest absolute Gasteiger partial charge is 0.326 e. The Hall–Kier alpha value is -0.120. The molecule has 2 fully saturated rings. The predicted octanol–water partition coefficient (Wildman–Crippen LogP) is 3.38. The molecule has 2 heterocycles. The van der Waals surface area contributed by atoms with Crippen molar-refractivity contribution >= 4 is 0 Å². The molecule has 3 heteroatoms. The van der Waals surface area contributed by atoms with Crippen LogP contribution in [0.25, 0.3) is 0 Å². The highest BCUT2D eigenvalue weighted by molar-refractivity contribution is 4.95. The van der Waals surface area contributed by atoms with Crippen LogP contribution in [0.2, 0.25) is 0 Å². The topological polar surface area (TPSA) is 41.3 Å². The summed E-state index contributed by atoms with van der Waals surface area (Å²) in [6.07, 6.45) is 10.6. The van der Waals surface area contributed by atoms with E-state index in [1.54, 1.807) is 0 Å². The van der Waals surface area contributed by atoms with Crippen LogP contribution >= 0.6 is 0 Å². The lowest BCUT2D eigenvalue weighted by Crippen LogP contribution is -2.58. The number of nitrogens with one attached hydrogen (secondary N) is 1. The number of nitrogens with two attached hydrogens (primary N) is 1. The first-order valence-corrected chi connectivity index (χ1v) is 9.85. The van der Waals surface area contributed by atoms with E-state index in [0.717, 1.165) is 6.54 Å². The van der Waals surface area contributed by atoms with Gasteiger partial charge in [-0.3, -0.25) is 0 Å². The predicted molar refractivity (Wildman–Crippen MR) is 96.1 cm³/mol. The van der Waals surface area contributed by atoms with Crippen molar-refractivity contribution in [3.63, 3.8) is 0 Å². The second-order valence-electron chi connectivity index (χ2n) is 7.86. The Kier molecular flexibility index (Phi) is 7.17. The summed E-state index contributed by atoms with van der Waals surface area (Å²) in [6.45, 7) is 11.8. The highest BCUT2D eigenvalue weighted by Crippen LogP contribution is 2.37. The Morgan fingerprint density at radius 3 is 2.45 bits per heavy atom. The molecule has 0 aromatic rings. The Morgan fingerprint density at radius 2 is 1.91 bits per heavy atom. The quantitative estimate of drug-likeness (QED) is 0.708. The third-order valence-corrected chi connectivity index (χ3v) is 6.62.